The van der Waals surface area contributed by atoms with Gasteiger partial charge >= 0.3 is 0 Å². The number of hydrogen-bond acceptors (Lipinski definition) is 2. The highest BCUT2D eigenvalue weighted by Gasteiger charge is 2.28. The van der Waals surface area contributed by atoms with Crippen molar-refractivity contribution in [3.63, 3.8) is 0 Å². The van der Waals surface area contributed by atoms with Crippen LogP contribution in [0, 0.1) is 5.92 Å². The molecule has 17 heavy (non-hydrogen) atoms. The first kappa shape index (κ1) is 13.4. The molecule has 0 aromatic rings. The molecule has 0 bridgehead atoms. The molecule has 2 unspecified atom stereocenters. The molecule has 1 saturated heterocycles. The fourth-order valence-corrected chi connectivity index (χ4v) is 3.74. The van der Waals surface area contributed by atoms with Crippen molar-refractivity contribution in [1.82, 2.24) is 10.2 Å². The molecule has 2 atom stereocenters. The van der Waals surface area contributed by atoms with E-state index in [1.165, 1.54) is 58.0 Å². The van der Waals surface area contributed by atoms with Crippen LogP contribution in [0.15, 0.2) is 0 Å². The van der Waals surface area contributed by atoms with E-state index in [4.69, 9.17) is 0 Å². The van der Waals surface area contributed by atoms with Crippen molar-refractivity contribution in [2.24, 2.45) is 5.92 Å². The summed E-state index contributed by atoms with van der Waals surface area (Å²) in [6.45, 7) is 8.48. The van der Waals surface area contributed by atoms with Gasteiger partial charge in [0.2, 0.25) is 0 Å². The van der Waals surface area contributed by atoms with Crippen LogP contribution in [-0.2, 0) is 0 Å². The van der Waals surface area contributed by atoms with Crippen LogP contribution in [-0.4, -0.2) is 36.6 Å². The summed E-state index contributed by atoms with van der Waals surface area (Å²) >= 11 is 0. The van der Waals surface area contributed by atoms with E-state index in [-0.39, 0.29) is 0 Å². The molecule has 0 aromatic carbocycles. The van der Waals surface area contributed by atoms with Crippen molar-refractivity contribution in [2.45, 2.75) is 70.9 Å². The van der Waals surface area contributed by atoms with Gasteiger partial charge < -0.3 is 10.2 Å². The number of rotatable bonds is 3. The van der Waals surface area contributed by atoms with Gasteiger partial charge in [0.15, 0.2) is 0 Å². The molecule has 2 nitrogen and oxygen atoms in total. The zero-order chi connectivity index (χ0) is 12.1. The van der Waals surface area contributed by atoms with Crippen molar-refractivity contribution in [3.8, 4) is 0 Å². The third-order valence-corrected chi connectivity index (χ3v) is 4.81. The Morgan fingerprint density at radius 2 is 1.71 bits per heavy atom. The van der Waals surface area contributed by atoms with Crippen LogP contribution in [0.25, 0.3) is 0 Å². The second-order valence-corrected chi connectivity index (χ2v) is 6.05. The summed E-state index contributed by atoms with van der Waals surface area (Å²) in [7, 11) is 0. The molecular weight excluding hydrogens is 208 g/mol. The van der Waals surface area contributed by atoms with Gasteiger partial charge in [-0.05, 0) is 51.2 Å². The number of hydrogen-bond donors (Lipinski definition) is 1. The fraction of sp³-hybridized carbons (Fsp3) is 1.00. The largest absolute Gasteiger partial charge is 0.314 e. The molecule has 100 valence electrons. The number of nitrogens with one attached hydrogen (secondary N) is 1. The minimum Gasteiger partial charge on any atom is -0.314 e. The molecule has 2 fully saturated rings. The zero-order valence-electron chi connectivity index (χ0n) is 11.8. The van der Waals surface area contributed by atoms with E-state index in [0.717, 1.165) is 24.5 Å². The third kappa shape index (κ3) is 3.69. The van der Waals surface area contributed by atoms with Crippen LogP contribution in [0.1, 0.15) is 58.8 Å². The zero-order valence-corrected chi connectivity index (χ0v) is 11.8. The van der Waals surface area contributed by atoms with Crippen molar-refractivity contribution >= 4 is 0 Å². The van der Waals surface area contributed by atoms with Gasteiger partial charge in [-0.2, -0.15) is 0 Å². The topological polar surface area (TPSA) is 15.3 Å². The maximum atomic E-state index is 3.60. The predicted molar refractivity (Wildman–Crippen MR) is 74.3 cm³/mol. The normalized spacial score (nSPS) is 33.5. The van der Waals surface area contributed by atoms with Crippen molar-refractivity contribution < 1.29 is 0 Å². The summed E-state index contributed by atoms with van der Waals surface area (Å²) < 4.78 is 0. The molecule has 1 aliphatic carbocycles. The van der Waals surface area contributed by atoms with Gasteiger partial charge in [0, 0.05) is 12.1 Å². The molecule has 2 aliphatic rings. The van der Waals surface area contributed by atoms with E-state index in [9.17, 15) is 0 Å². The Balaban J connectivity index is 1.82. The van der Waals surface area contributed by atoms with E-state index in [1.807, 2.05) is 0 Å². The molecule has 1 N–H and O–H groups in total. The van der Waals surface area contributed by atoms with Crippen molar-refractivity contribution in [3.05, 3.63) is 0 Å². The smallest absolute Gasteiger partial charge is 0.0121 e. The standard InChI is InChI=1S/C15H30N2/c1-3-16-14-9-11-17(12-10-14)15-8-6-4-5-7-13(15)2/h13-16H,3-12H2,1-2H3. The summed E-state index contributed by atoms with van der Waals surface area (Å²) in [6.07, 6.45) is 10.0. The van der Waals surface area contributed by atoms with Crippen LogP contribution in [0.3, 0.4) is 0 Å². The lowest BCUT2D eigenvalue weighted by Crippen LogP contribution is -2.48. The number of likely N-dealkylation sites (tertiary alicyclic amines) is 1. The maximum absolute atomic E-state index is 3.60. The predicted octanol–water partition coefficient (Wildman–Crippen LogP) is 3.03. The van der Waals surface area contributed by atoms with Crippen LogP contribution >= 0.6 is 0 Å². The maximum Gasteiger partial charge on any atom is 0.0121 e. The van der Waals surface area contributed by atoms with Gasteiger partial charge in [0.25, 0.3) is 0 Å². The summed E-state index contributed by atoms with van der Waals surface area (Å²) in [4.78, 5) is 2.80. The SMILES string of the molecule is CCNC1CCN(C2CCCCCC2C)CC1. The fourth-order valence-electron chi connectivity index (χ4n) is 3.74. The Morgan fingerprint density at radius 1 is 1.00 bits per heavy atom. The Hall–Kier alpha value is -0.0800. The van der Waals surface area contributed by atoms with E-state index in [1.54, 1.807) is 0 Å². The third-order valence-electron chi connectivity index (χ3n) is 4.81. The minimum atomic E-state index is 0.789. The van der Waals surface area contributed by atoms with Crippen molar-refractivity contribution in [1.29, 1.82) is 0 Å². The lowest BCUT2D eigenvalue weighted by Gasteiger charge is -2.40. The Labute approximate surface area is 107 Å². The molecule has 2 rings (SSSR count). The minimum absolute atomic E-state index is 0.789. The van der Waals surface area contributed by atoms with Crippen molar-refractivity contribution in [2.75, 3.05) is 19.6 Å². The van der Waals surface area contributed by atoms with Gasteiger partial charge in [-0.3, -0.25) is 0 Å². The first-order valence-corrected chi connectivity index (χ1v) is 7.78. The summed E-state index contributed by atoms with van der Waals surface area (Å²) in [5.74, 6) is 0.924. The molecular formula is C15H30N2. The van der Waals surface area contributed by atoms with Gasteiger partial charge in [-0.15, -0.1) is 0 Å². The average Bonchev–Trinajstić information content (AvgIpc) is 2.56. The van der Waals surface area contributed by atoms with Gasteiger partial charge in [-0.1, -0.05) is 33.1 Å². The molecule has 2 heteroatoms. The monoisotopic (exact) mass is 238 g/mol. The Kier molecular flexibility index (Phi) is 5.30. The van der Waals surface area contributed by atoms with E-state index < -0.39 is 0 Å². The van der Waals surface area contributed by atoms with E-state index in [2.05, 4.69) is 24.1 Å². The number of piperidine rings is 1. The Morgan fingerprint density at radius 3 is 2.41 bits per heavy atom. The highest BCUT2D eigenvalue weighted by molar-refractivity contribution is 4.85. The average molecular weight is 238 g/mol. The van der Waals surface area contributed by atoms with Crippen LogP contribution in [0.2, 0.25) is 0 Å². The lowest BCUT2D eigenvalue weighted by molar-refractivity contribution is 0.103. The molecule has 0 spiro atoms. The second kappa shape index (κ2) is 6.75. The summed E-state index contributed by atoms with van der Waals surface area (Å²) in [5.41, 5.74) is 0. The van der Waals surface area contributed by atoms with Crippen LogP contribution in [0.5, 0.6) is 0 Å². The van der Waals surface area contributed by atoms with E-state index >= 15 is 0 Å². The Bertz CT molecular complexity index is 209. The lowest BCUT2D eigenvalue weighted by atomic mass is 9.92. The molecule has 0 radical (unpaired) electrons. The molecule has 1 aliphatic heterocycles. The summed E-state index contributed by atoms with van der Waals surface area (Å²) in [6, 6.07) is 1.68. The number of nitrogens with zero attached hydrogens (tertiary/aromatic N) is 1. The van der Waals surface area contributed by atoms with Crippen LogP contribution < -0.4 is 5.32 Å². The molecule has 0 amide bonds. The van der Waals surface area contributed by atoms with E-state index in [0.29, 0.717) is 0 Å². The quantitative estimate of drug-likeness (QED) is 0.760. The molecule has 1 saturated carbocycles. The molecule has 0 aromatic heterocycles. The van der Waals surface area contributed by atoms with Crippen LogP contribution in [0.4, 0.5) is 0 Å². The first-order valence-electron chi connectivity index (χ1n) is 7.78. The van der Waals surface area contributed by atoms with Gasteiger partial charge in [-0.25, -0.2) is 0 Å². The van der Waals surface area contributed by atoms with Gasteiger partial charge in [0.1, 0.15) is 0 Å². The highest BCUT2D eigenvalue weighted by Crippen LogP contribution is 2.28. The molecule has 1 heterocycles. The second-order valence-electron chi connectivity index (χ2n) is 6.05. The first-order chi connectivity index (χ1) is 8.31. The van der Waals surface area contributed by atoms with Gasteiger partial charge in [0.05, 0.1) is 0 Å². The summed E-state index contributed by atoms with van der Waals surface area (Å²) in [5, 5.41) is 3.60. The highest BCUT2D eigenvalue weighted by atomic mass is 15.2.